The minimum Gasteiger partial charge on any atom is -0.493 e. The van der Waals surface area contributed by atoms with Crippen molar-refractivity contribution in [1.82, 2.24) is 15.1 Å². The van der Waals surface area contributed by atoms with Crippen LogP contribution in [0, 0.1) is 0 Å². The summed E-state index contributed by atoms with van der Waals surface area (Å²) in [6.07, 6.45) is 1.57. The van der Waals surface area contributed by atoms with Crippen LogP contribution >= 0.6 is 11.3 Å². The van der Waals surface area contributed by atoms with E-state index in [4.69, 9.17) is 18.6 Å². The van der Waals surface area contributed by atoms with Crippen LogP contribution in [0.25, 0.3) is 0 Å². The number of ether oxygens (including phenoxy) is 3. The predicted octanol–water partition coefficient (Wildman–Crippen LogP) is 4.25. The minimum absolute atomic E-state index is 0.142. The van der Waals surface area contributed by atoms with Gasteiger partial charge in [-0.25, -0.2) is 0 Å². The van der Waals surface area contributed by atoms with Gasteiger partial charge in [-0.3, -0.25) is 9.59 Å². The van der Waals surface area contributed by atoms with E-state index in [-0.39, 0.29) is 17.5 Å². The van der Waals surface area contributed by atoms with Gasteiger partial charge in [0.05, 0.1) is 27.0 Å². The molecule has 0 bridgehead atoms. The predicted molar refractivity (Wildman–Crippen MR) is 133 cm³/mol. The number of benzene rings is 2. The standard InChI is InChI=1S/C25H24N4O6S/c1-29(14-19-5-4-12-34-19)25(31)16-6-8-17(9-7-16)26-23(30)24-28-27-22(36-24)15-35-18-10-11-20(32-2)21(13-18)33-3/h4-13H,14-15H2,1-3H3,(H,26,30). The Balaban J connectivity index is 1.31. The Bertz CT molecular complexity index is 1320. The van der Waals surface area contributed by atoms with Crippen LogP contribution in [0.1, 0.15) is 30.9 Å². The first-order valence-corrected chi connectivity index (χ1v) is 11.6. The van der Waals surface area contributed by atoms with Gasteiger partial charge >= 0.3 is 0 Å². The van der Waals surface area contributed by atoms with E-state index in [2.05, 4.69) is 15.5 Å². The lowest BCUT2D eigenvalue weighted by Crippen LogP contribution is -2.26. The van der Waals surface area contributed by atoms with Crippen molar-refractivity contribution in [3.8, 4) is 17.2 Å². The highest BCUT2D eigenvalue weighted by Crippen LogP contribution is 2.31. The molecule has 186 valence electrons. The highest BCUT2D eigenvalue weighted by Gasteiger charge is 2.16. The average Bonchev–Trinajstić information content (AvgIpc) is 3.59. The first-order chi connectivity index (χ1) is 17.5. The molecule has 1 N–H and O–H groups in total. The van der Waals surface area contributed by atoms with E-state index in [0.717, 1.165) is 11.3 Å². The molecule has 2 amide bonds. The van der Waals surface area contributed by atoms with Gasteiger partial charge in [-0.2, -0.15) is 0 Å². The fraction of sp³-hybridized carbons (Fsp3) is 0.200. The zero-order valence-corrected chi connectivity index (χ0v) is 20.7. The number of hydrogen-bond donors (Lipinski definition) is 1. The van der Waals surface area contributed by atoms with Crippen LogP contribution in [0.5, 0.6) is 17.2 Å². The molecule has 11 heteroatoms. The van der Waals surface area contributed by atoms with Crippen molar-refractivity contribution >= 4 is 28.8 Å². The minimum atomic E-state index is -0.404. The lowest BCUT2D eigenvalue weighted by Gasteiger charge is -2.16. The van der Waals surface area contributed by atoms with Crippen molar-refractivity contribution in [3.63, 3.8) is 0 Å². The van der Waals surface area contributed by atoms with Crippen LogP contribution in [0.4, 0.5) is 5.69 Å². The summed E-state index contributed by atoms with van der Waals surface area (Å²) >= 11 is 1.13. The van der Waals surface area contributed by atoms with Gasteiger partial charge in [0.25, 0.3) is 11.8 Å². The van der Waals surface area contributed by atoms with Gasteiger partial charge < -0.3 is 28.8 Å². The zero-order chi connectivity index (χ0) is 25.5. The molecule has 2 heterocycles. The fourth-order valence-corrected chi connectivity index (χ4v) is 3.91. The maximum Gasteiger partial charge on any atom is 0.286 e. The first-order valence-electron chi connectivity index (χ1n) is 10.8. The van der Waals surface area contributed by atoms with Crippen molar-refractivity contribution in [2.75, 3.05) is 26.6 Å². The molecule has 36 heavy (non-hydrogen) atoms. The number of hydrogen-bond acceptors (Lipinski definition) is 9. The summed E-state index contributed by atoms with van der Waals surface area (Å²) in [7, 11) is 4.80. The largest absolute Gasteiger partial charge is 0.493 e. The Morgan fingerprint density at radius 2 is 1.81 bits per heavy atom. The van der Waals surface area contributed by atoms with Gasteiger partial charge in [0.1, 0.15) is 18.1 Å². The van der Waals surface area contributed by atoms with Crippen LogP contribution in [0.15, 0.2) is 65.3 Å². The van der Waals surface area contributed by atoms with Crippen LogP contribution in [0.3, 0.4) is 0 Å². The van der Waals surface area contributed by atoms with E-state index in [9.17, 15) is 9.59 Å². The molecule has 0 aliphatic rings. The maximum atomic E-state index is 12.6. The third-order valence-corrected chi connectivity index (χ3v) is 5.98. The maximum absolute atomic E-state index is 12.6. The average molecular weight is 509 g/mol. The molecule has 4 rings (SSSR count). The molecule has 0 atom stereocenters. The quantitative estimate of drug-likeness (QED) is 0.338. The second-order valence-electron chi connectivity index (χ2n) is 7.58. The summed E-state index contributed by atoms with van der Waals surface area (Å²) in [5.74, 6) is 1.84. The van der Waals surface area contributed by atoms with Gasteiger partial charge in [-0.05, 0) is 48.5 Å². The molecule has 0 fully saturated rings. The third-order valence-electron chi connectivity index (χ3n) is 5.09. The fourth-order valence-electron chi connectivity index (χ4n) is 3.26. The topological polar surface area (TPSA) is 116 Å². The molecule has 0 saturated heterocycles. The molecule has 0 radical (unpaired) electrons. The molecular weight excluding hydrogens is 484 g/mol. The zero-order valence-electron chi connectivity index (χ0n) is 19.9. The van der Waals surface area contributed by atoms with E-state index in [1.165, 1.54) is 0 Å². The Morgan fingerprint density at radius 1 is 1.03 bits per heavy atom. The van der Waals surface area contributed by atoms with Crippen molar-refractivity contribution in [1.29, 1.82) is 0 Å². The number of amides is 2. The van der Waals surface area contributed by atoms with E-state index >= 15 is 0 Å². The summed E-state index contributed by atoms with van der Waals surface area (Å²) in [5, 5.41) is 11.5. The van der Waals surface area contributed by atoms with Crippen LogP contribution < -0.4 is 19.5 Å². The van der Waals surface area contributed by atoms with E-state index in [1.807, 2.05) is 6.07 Å². The molecule has 0 spiro atoms. The number of furan rings is 1. The van der Waals surface area contributed by atoms with Gasteiger partial charge in [-0.15, -0.1) is 10.2 Å². The van der Waals surface area contributed by atoms with Gasteiger partial charge in [0.2, 0.25) is 5.01 Å². The van der Waals surface area contributed by atoms with Gasteiger partial charge in [0.15, 0.2) is 16.5 Å². The molecular formula is C25H24N4O6S. The Kier molecular flexibility index (Phi) is 7.81. The lowest BCUT2D eigenvalue weighted by atomic mass is 10.2. The van der Waals surface area contributed by atoms with Gasteiger partial charge in [0, 0.05) is 24.4 Å². The number of rotatable bonds is 10. The molecule has 0 unspecified atom stereocenters. The Morgan fingerprint density at radius 3 is 2.50 bits per heavy atom. The number of methoxy groups -OCH3 is 2. The first kappa shape index (κ1) is 24.7. The normalized spacial score (nSPS) is 10.5. The monoisotopic (exact) mass is 508 g/mol. The smallest absolute Gasteiger partial charge is 0.286 e. The van der Waals surface area contributed by atoms with Crippen molar-refractivity contribution < 1.29 is 28.2 Å². The number of nitrogens with zero attached hydrogens (tertiary/aromatic N) is 3. The second kappa shape index (κ2) is 11.4. The lowest BCUT2D eigenvalue weighted by molar-refractivity contribution is 0.0775. The van der Waals surface area contributed by atoms with Gasteiger partial charge in [-0.1, -0.05) is 11.3 Å². The molecule has 2 aromatic carbocycles. The van der Waals surface area contributed by atoms with E-state index < -0.39 is 5.91 Å². The summed E-state index contributed by atoms with van der Waals surface area (Å²) in [5.41, 5.74) is 1.02. The van der Waals surface area contributed by atoms with E-state index in [0.29, 0.717) is 45.8 Å². The third kappa shape index (κ3) is 5.99. The van der Waals surface area contributed by atoms with Crippen molar-refractivity contribution in [2.24, 2.45) is 0 Å². The van der Waals surface area contributed by atoms with Crippen LogP contribution in [0.2, 0.25) is 0 Å². The highest BCUT2D eigenvalue weighted by atomic mass is 32.1. The Hall–Kier alpha value is -4.38. The summed E-state index contributed by atoms with van der Waals surface area (Å²) in [4.78, 5) is 26.8. The summed E-state index contributed by atoms with van der Waals surface area (Å²) < 4.78 is 21.5. The summed E-state index contributed by atoms with van der Waals surface area (Å²) in [6.45, 7) is 0.502. The molecule has 0 aliphatic carbocycles. The van der Waals surface area contributed by atoms with Crippen LogP contribution in [-0.2, 0) is 13.2 Å². The Labute approximate surface area is 211 Å². The number of carbonyl (C=O) groups is 2. The molecule has 4 aromatic rings. The molecule has 0 aliphatic heterocycles. The van der Waals surface area contributed by atoms with Crippen molar-refractivity contribution in [2.45, 2.75) is 13.2 Å². The van der Waals surface area contributed by atoms with E-state index in [1.54, 1.807) is 81.0 Å². The summed E-state index contributed by atoms with van der Waals surface area (Å²) in [6, 6.07) is 15.4. The number of aromatic nitrogens is 2. The van der Waals surface area contributed by atoms with Crippen LogP contribution in [-0.4, -0.2) is 48.2 Å². The molecule has 10 nitrogen and oxygen atoms in total. The highest BCUT2D eigenvalue weighted by molar-refractivity contribution is 7.13. The number of anilines is 1. The SMILES string of the molecule is COc1ccc(OCc2nnc(C(=O)Nc3ccc(C(=O)N(C)Cc4ccco4)cc3)s2)cc1OC. The molecule has 2 aromatic heterocycles. The van der Waals surface area contributed by atoms with Crippen molar-refractivity contribution in [3.05, 3.63) is 82.2 Å². The number of carbonyl (C=O) groups excluding carboxylic acids is 2. The second-order valence-corrected chi connectivity index (χ2v) is 8.64. The molecule has 0 saturated carbocycles. The number of nitrogens with one attached hydrogen (secondary N) is 1.